The summed E-state index contributed by atoms with van der Waals surface area (Å²) in [5, 5.41) is 11.6. The summed E-state index contributed by atoms with van der Waals surface area (Å²) in [6.07, 6.45) is 4.52. The number of rotatable bonds is 3. The van der Waals surface area contributed by atoms with E-state index in [1.807, 2.05) is 24.3 Å². The number of nitrogens with zero attached hydrogens (tertiary/aromatic N) is 2. The molecular formula is C18H21N3O2. The monoisotopic (exact) mass is 311 g/mol. The molecule has 3 rings (SSSR count). The maximum atomic E-state index is 10.7. The zero-order chi connectivity index (χ0) is 16.9. The SMILES string of the molecule is CCC(C)(C)c1cc2cc([N+](=O)[O-])ccc2[nH]1.c1ccncc1. The fourth-order valence-electron chi connectivity index (χ4n) is 2.10. The fourth-order valence-corrected chi connectivity index (χ4v) is 2.10. The zero-order valence-electron chi connectivity index (χ0n) is 13.6. The summed E-state index contributed by atoms with van der Waals surface area (Å²) in [4.78, 5) is 17.5. The number of fused-ring (bicyclic) bond motifs is 1. The van der Waals surface area contributed by atoms with Gasteiger partial charge in [0.15, 0.2) is 0 Å². The van der Waals surface area contributed by atoms with Crippen molar-refractivity contribution in [2.45, 2.75) is 32.6 Å². The predicted octanol–water partition coefficient (Wildman–Crippen LogP) is 4.85. The zero-order valence-corrected chi connectivity index (χ0v) is 13.6. The van der Waals surface area contributed by atoms with E-state index in [-0.39, 0.29) is 16.0 Å². The molecular weight excluding hydrogens is 290 g/mol. The average Bonchev–Trinajstić information content (AvgIpc) is 3.01. The van der Waals surface area contributed by atoms with Crippen molar-refractivity contribution in [1.29, 1.82) is 0 Å². The molecule has 5 nitrogen and oxygen atoms in total. The van der Waals surface area contributed by atoms with Gasteiger partial charge in [0.05, 0.1) is 4.92 Å². The number of pyridine rings is 1. The van der Waals surface area contributed by atoms with Gasteiger partial charge in [-0.05, 0) is 30.7 Å². The molecule has 1 aromatic carbocycles. The van der Waals surface area contributed by atoms with Crippen LogP contribution in [-0.2, 0) is 5.41 Å². The van der Waals surface area contributed by atoms with Gasteiger partial charge >= 0.3 is 0 Å². The van der Waals surface area contributed by atoms with E-state index in [0.29, 0.717) is 0 Å². The second-order valence-corrected chi connectivity index (χ2v) is 5.97. The second kappa shape index (κ2) is 7.05. The van der Waals surface area contributed by atoms with Gasteiger partial charge in [0, 0.05) is 46.5 Å². The van der Waals surface area contributed by atoms with Gasteiger partial charge in [-0.2, -0.15) is 0 Å². The Labute approximate surface area is 135 Å². The number of nitrogens with one attached hydrogen (secondary N) is 1. The van der Waals surface area contributed by atoms with Crippen molar-refractivity contribution in [2.24, 2.45) is 0 Å². The van der Waals surface area contributed by atoms with Gasteiger partial charge in [0.1, 0.15) is 0 Å². The Kier molecular flexibility index (Phi) is 5.11. The number of aromatic nitrogens is 2. The summed E-state index contributed by atoms with van der Waals surface area (Å²) >= 11 is 0. The van der Waals surface area contributed by atoms with Crippen LogP contribution in [0.25, 0.3) is 10.9 Å². The summed E-state index contributed by atoms with van der Waals surface area (Å²) in [5.74, 6) is 0. The number of non-ortho nitro benzene ring substituents is 1. The summed E-state index contributed by atoms with van der Waals surface area (Å²) < 4.78 is 0. The smallest absolute Gasteiger partial charge is 0.270 e. The van der Waals surface area contributed by atoms with E-state index in [9.17, 15) is 10.1 Å². The van der Waals surface area contributed by atoms with Crippen LogP contribution in [0.3, 0.4) is 0 Å². The van der Waals surface area contributed by atoms with Gasteiger partial charge < -0.3 is 4.98 Å². The first kappa shape index (κ1) is 16.7. The van der Waals surface area contributed by atoms with Crippen molar-refractivity contribution in [3.8, 4) is 0 Å². The van der Waals surface area contributed by atoms with Crippen molar-refractivity contribution in [3.05, 3.63) is 70.7 Å². The van der Waals surface area contributed by atoms with Gasteiger partial charge in [0.25, 0.3) is 5.69 Å². The summed E-state index contributed by atoms with van der Waals surface area (Å²) in [7, 11) is 0. The molecule has 0 amide bonds. The third kappa shape index (κ3) is 4.16. The van der Waals surface area contributed by atoms with Gasteiger partial charge in [-0.15, -0.1) is 0 Å². The van der Waals surface area contributed by atoms with Gasteiger partial charge in [0.2, 0.25) is 0 Å². The molecule has 0 aliphatic carbocycles. The van der Waals surface area contributed by atoms with Crippen LogP contribution in [-0.4, -0.2) is 14.9 Å². The Balaban J connectivity index is 0.000000268. The van der Waals surface area contributed by atoms with Crippen molar-refractivity contribution in [2.75, 3.05) is 0 Å². The van der Waals surface area contributed by atoms with Crippen molar-refractivity contribution in [1.82, 2.24) is 9.97 Å². The molecule has 5 heteroatoms. The quantitative estimate of drug-likeness (QED) is 0.555. The standard InChI is InChI=1S/C13H16N2O2.C5H5N/c1-4-13(2,3)12-8-9-7-10(15(16)17)5-6-11(9)14-12;1-2-4-6-5-3-1/h5-8,14H,4H2,1-3H3;1-5H. The van der Waals surface area contributed by atoms with Crippen LogP contribution in [0, 0.1) is 10.1 Å². The maximum absolute atomic E-state index is 10.7. The van der Waals surface area contributed by atoms with E-state index in [1.165, 1.54) is 6.07 Å². The Hall–Kier alpha value is -2.69. The lowest BCUT2D eigenvalue weighted by Gasteiger charge is -2.20. The van der Waals surface area contributed by atoms with Gasteiger partial charge in [-0.1, -0.05) is 26.8 Å². The highest BCUT2D eigenvalue weighted by Gasteiger charge is 2.20. The molecule has 3 aromatic rings. The molecule has 0 spiro atoms. The molecule has 0 radical (unpaired) electrons. The normalized spacial score (nSPS) is 10.9. The third-order valence-electron chi connectivity index (χ3n) is 3.99. The largest absolute Gasteiger partial charge is 0.358 e. The molecule has 0 atom stereocenters. The van der Waals surface area contributed by atoms with E-state index in [4.69, 9.17) is 0 Å². The molecule has 23 heavy (non-hydrogen) atoms. The van der Waals surface area contributed by atoms with E-state index >= 15 is 0 Å². The van der Waals surface area contributed by atoms with Crippen LogP contribution in [0.1, 0.15) is 32.9 Å². The lowest BCUT2D eigenvalue weighted by Crippen LogP contribution is -2.15. The Bertz CT molecular complexity index is 753. The van der Waals surface area contributed by atoms with Crippen LogP contribution in [0.5, 0.6) is 0 Å². The first-order valence-corrected chi connectivity index (χ1v) is 7.56. The van der Waals surface area contributed by atoms with Crippen LogP contribution >= 0.6 is 0 Å². The minimum Gasteiger partial charge on any atom is -0.358 e. The molecule has 0 aliphatic rings. The van der Waals surface area contributed by atoms with E-state index in [0.717, 1.165) is 23.0 Å². The summed E-state index contributed by atoms with van der Waals surface area (Å²) in [6, 6.07) is 12.6. The van der Waals surface area contributed by atoms with E-state index in [1.54, 1.807) is 24.5 Å². The Morgan fingerprint density at radius 2 is 1.87 bits per heavy atom. The Morgan fingerprint density at radius 3 is 2.35 bits per heavy atom. The predicted molar refractivity (Wildman–Crippen MR) is 92.5 cm³/mol. The van der Waals surface area contributed by atoms with E-state index < -0.39 is 0 Å². The molecule has 2 heterocycles. The molecule has 0 fully saturated rings. The minimum absolute atomic E-state index is 0.0633. The van der Waals surface area contributed by atoms with Gasteiger partial charge in [-0.25, -0.2) is 0 Å². The highest BCUT2D eigenvalue weighted by Crippen LogP contribution is 2.30. The topological polar surface area (TPSA) is 71.8 Å². The first-order valence-electron chi connectivity index (χ1n) is 7.56. The number of aromatic amines is 1. The molecule has 0 saturated heterocycles. The first-order chi connectivity index (χ1) is 10.9. The number of benzene rings is 1. The van der Waals surface area contributed by atoms with Crippen molar-refractivity contribution in [3.63, 3.8) is 0 Å². The molecule has 0 saturated carbocycles. The average molecular weight is 311 g/mol. The van der Waals surface area contributed by atoms with Crippen LogP contribution < -0.4 is 0 Å². The number of hydrogen-bond acceptors (Lipinski definition) is 3. The molecule has 0 aliphatic heterocycles. The minimum atomic E-state index is -0.364. The van der Waals surface area contributed by atoms with Crippen LogP contribution in [0.2, 0.25) is 0 Å². The lowest BCUT2D eigenvalue weighted by atomic mass is 9.86. The fraction of sp³-hybridized carbons (Fsp3) is 0.278. The Morgan fingerprint density at radius 1 is 1.17 bits per heavy atom. The molecule has 0 unspecified atom stereocenters. The van der Waals surface area contributed by atoms with E-state index in [2.05, 4.69) is 30.7 Å². The van der Waals surface area contributed by atoms with Crippen molar-refractivity contribution >= 4 is 16.6 Å². The molecule has 2 aromatic heterocycles. The maximum Gasteiger partial charge on any atom is 0.270 e. The molecule has 120 valence electrons. The highest BCUT2D eigenvalue weighted by molar-refractivity contribution is 5.83. The van der Waals surface area contributed by atoms with Crippen LogP contribution in [0.4, 0.5) is 5.69 Å². The number of H-pyrrole nitrogens is 1. The number of nitro benzene ring substituents is 1. The lowest BCUT2D eigenvalue weighted by molar-refractivity contribution is -0.384. The third-order valence-corrected chi connectivity index (χ3v) is 3.99. The second-order valence-electron chi connectivity index (χ2n) is 5.97. The summed E-state index contributed by atoms with van der Waals surface area (Å²) in [5.41, 5.74) is 2.27. The van der Waals surface area contributed by atoms with Gasteiger partial charge in [-0.3, -0.25) is 15.1 Å². The number of hydrogen-bond donors (Lipinski definition) is 1. The highest BCUT2D eigenvalue weighted by atomic mass is 16.6. The molecule has 1 N–H and O–H groups in total. The van der Waals surface area contributed by atoms with Crippen LogP contribution in [0.15, 0.2) is 54.9 Å². The van der Waals surface area contributed by atoms with Crippen molar-refractivity contribution < 1.29 is 4.92 Å². The molecule has 0 bridgehead atoms. The number of nitro groups is 1. The summed E-state index contributed by atoms with van der Waals surface area (Å²) in [6.45, 7) is 6.45.